The van der Waals surface area contributed by atoms with Crippen LogP contribution in [0.25, 0.3) is 0 Å². The fourth-order valence-corrected chi connectivity index (χ4v) is 2.83. The van der Waals surface area contributed by atoms with Gasteiger partial charge in [0.05, 0.1) is 4.88 Å². The monoisotopic (exact) mass is 238 g/mol. The van der Waals surface area contributed by atoms with Gasteiger partial charge in [-0.25, -0.2) is 0 Å². The normalized spacial score (nSPS) is 15.9. The second-order valence-electron chi connectivity index (χ2n) is 4.28. The molecule has 1 aromatic rings. The minimum Gasteiger partial charge on any atom is -0.351 e. The lowest BCUT2D eigenvalue weighted by molar-refractivity contribution is 0.0946. The van der Waals surface area contributed by atoms with Gasteiger partial charge in [-0.2, -0.15) is 0 Å². The van der Waals surface area contributed by atoms with Gasteiger partial charge >= 0.3 is 0 Å². The zero-order chi connectivity index (χ0) is 11.5. The molecule has 1 aliphatic heterocycles. The summed E-state index contributed by atoms with van der Waals surface area (Å²) in [4.78, 5) is 14.0. The van der Waals surface area contributed by atoms with Crippen molar-refractivity contribution in [2.24, 2.45) is 5.92 Å². The zero-order valence-corrected chi connectivity index (χ0v) is 10.6. The Kier molecular flexibility index (Phi) is 3.61. The molecule has 88 valence electrons. The second-order valence-corrected chi connectivity index (χ2v) is 5.54. The number of hydrogen-bond acceptors (Lipinski definition) is 3. The molecule has 2 rings (SSSR count). The molecule has 4 heteroatoms. The summed E-state index contributed by atoms with van der Waals surface area (Å²) in [6.45, 7) is 7.06. The molecule has 1 aromatic heterocycles. The van der Waals surface area contributed by atoms with Crippen molar-refractivity contribution in [1.29, 1.82) is 0 Å². The van der Waals surface area contributed by atoms with Gasteiger partial charge in [-0.3, -0.25) is 4.79 Å². The Bertz CT molecular complexity index is 382. The third-order valence-corrected chi connectivity index (χ3v) is 4.13. The smallest absolute Gasteiger partial charge is 0.261 e. The molecule has 0 unspecified atom stereocenters. The Morgan fingerprint density at radius 1 is 1.62 bits per heavy atom. The van der Waals surface area contributed by atoms with Crippen LogP contribution in [0.3, 0.4) is 0 Å². The molecule has 0 atom stereocenters. The van der Waals surface area contributed by atoms with Crippen molar-refractivity contribution >= 4 is 17.2 Å². The van der Waals surface area contributed by atoms with Crippen LogP contribution in [0.15, 0.2) is 6.07 Å². The Hall–Kier alpha value is -0.870. The number of nitrogens with one attached hydrogen (secondary N) is 2. The van der Waals surface area contributed by atoms with Crippen LogP contribution in [0.1, 0.15) is 27.0 Å². The summed E-state index contributed by atoms with van der Waals surface area (Å²) in [5.41, 5.74) is 1.29. The number of aryl methyl sites for hydroxylation is 2. The molecular weight excluding hydrogens is 220 g/mol. The van der Waals surface area contributed by atoms with Crippen LogP contribution in [-0.4, -0.2) is 25.5 Å². The molecule has 0 aromatic carbocycles. The predicted molar refractivity (Wildman–Crippen MR) is 67.1 cm³/mol. The fraction of sp³-hybridized carbons (Fsp3) is 0.583. The molecule has 1 amide bonds. The van der Waals surface area contributed by atoms with Gasteiger partial charge in [-0.05, 0) is 25.0 Å². The Morgan fingerprint density at radius 2 is 2.38 bits per heavy atom. The molecule has 1 fully saturated rings. The molecule has 0 saturated carbocycles. The van der Waals surface area contributed by atoms with Crippen molar-refractivity contribution in [2.75, 3.05) is 19.6 Å². The van der Waals surface area contributed by atoms with Crippen molar-refractivity contribution in [3.05, 3.63) is 21.4 Å². The first-order chi connectivity index (χ1) is 7.70. The van der Waals surface area contributed by atoms with Crippen LogP contribution in [-0.2, 0) is 6.42 Å². The molecule has 0 spiro atoms. The lowest BCUT2D eigenvalue weighted by atomic mass is 10.0. The highest BCUT2D eigenvalue weighted by molar-refractivity contribution is 7.14. The molecule has 1 saturated heterocycles. The van der Waals surface area contributed by atoms with E-state index in [-0.39, 0.29) is 5.91 Å². The van der Waals surface area contributed by atoms with Crippen molar-refractivity contribution in [1.82, 2.24) is 10.6 Å². The van der Waals surface area contributed by atoms with Gasteiger partial charge in [0, 0.05) is 30.4 Å². The fourth-order valence-electron chi connectivity index (χ4n) is 1.80. The van der Waals surface area contributed by atoms with Gasteiger partial charge in [-0.15, -0.1) is 11.3 Å². The highest BCUT2D eigenvalue weighted by atomic mass is 32.1. The Balaban J connectivity index is 1.91. The summed E-state index contributed by atoms with van der Waals surface area (Å²) in [6, 6.07) is 2.02. The molecular formula is C12H18N2OS. The van der Waals surface area contributed by atoms with E-state index < -0.39 is 0 Å². The third-order valence-electron chi connectivity index (χ3n) is 3.04. The molecule has 16 heavy (non-hydrogen) atoms. The first-order valence-electron chi connectivity index (χ1n) is 5.79. The van der Waals surface area contributed by atoms with Crippen LogP contribution < -0.4 is 10.6 Å². The van der Waals surface area contributed by atoms with E-state index in [0.29, 0.717) is 5.92 Å². The van der Waals surface area contributed by atoms with E-state index in [1.165, 1.54) is 10.4 Å². The SMILES string of the molecule is CCc1cc(C(=O)NCC2CNC2)sc1C. The van der Waals surface area contributed by atoms with Crippen LogP contribution in [0.2, 0.25) is 0 Å². The molecule has 1 aliphatic rings. The Labute approximate surface area is 100 Å². The lowest BCUT2D eigenvalue weighted by Crippen LogP contribution is -2.48. The molecule has 3 nitrogen and oxygen atoms in total. The van der Waals surface area contributed by atoms with E-state index in [2.05, 4.69) is 24.5 Å². The van der Waals surface area contributed by atoms with Crippen molar-refractivity contribution in [3.63, 3.8) is 0 Å². The molecule has 2 N–H and O–H groups in total. The minimum atomic E-state index is 0.0831. The topological polar surface area (TPSA) is 41.1 Å². The van der Waals surface area contributed by atoms with Gasteiger partial charge in [0.15, 0.2) is 0 Å². The van der Waals surface area contributed by atoms with Gasteiger partial charge in [-0.1, -0.05) is 6.92 Å². The van der Waals surface area contributed by atoms with E-state index in [0.717, 1.165) is 30.9 Å². The number of carbonyl (C=O) groups is 1. The van der Waals surface area contributed by atoms with Crippen LogP contribution in [0.5, 0.6) is 0 Å². The van der Waals surface area contributed by atoms with Gasteiger partial charge < -0.3 is 10.6 Å². The third kappa shape index (κ3) is 2.44. The van der Waals surface area contributed by atoms with Crippen molar-refractivity contribution in [2.45, 2.75) is 20.3 Å². The standard InChI is InChI=1S/C12H18N2OS/c1-3-10-4-11(16-8(10)2)12(15)14-7-9-5-13-6-9/h4,9,13H,3,5-7H2,1-2H3,(H,14,15). The summed E-state index contributed by atoms with van der Waals surface area (Å²) in [5.74, 6) is 0.704. The highest BCUT2D eigenvalue weighted by Crippen LogP contribution is 2.21. The van der Waals surface area contributed by atoms with E-state index in [9.17, 15) is 4.79 Å². The van der Waals surface area contributed by atoms with Gasteiger partial charge in [0.1, 0.15) is 0 Å². The average molecular weight is 238 g/mol. The van der Waals surface area contributed by atoms with Crippen molar-refractivity contribution < 1.29 is 4.79 Å². The van der Waals surface area contributed by atoms with Gasteiger partial charge in [0.2, 0.25) is 0 Å². The molecule has 0 radical (unpaired) electrons. The van der Waals surface area contributed by atoms with Crippen molar-refractivity contribution in [3.8, 4) is 0 Å². The maximum absolute atomic E-state index is 11.8. The maximum Gasteiger partial charge on any atom is 0.261 e. The molecule has 0 bridgehead atoms. The lowest BCUT2D eigenvalue weighted by Gasteiger charge is -2.26. The predicted octanol–water partition coefficient (Wildman–Crippen LogP) is 1.57. The second kappa shape index (κ2) is 4.97. The van der Waals surface area contributed by atoms with Crippen LogP contribution in [0.4, 0.5) is 0 Å². The summed E-state index contributed by atoms with van der Waals surface area (Å²) in [5, 5.41) is 6.20. The number of rotatable bonds is 4. The number of carbonyl (C=O) groups excluding carboxylic acids is 1. The Morgan fingerprint density at radius 3 is 2.88 bits per heavy atom. The first kappa shape index (κ1) is 11.6. The summed E-state index contributed by atoms with van der Waals surface area (Å²) >= 11 is 1.60. The minimum absolute atomic E-state index is 0.0831. The van der Waals surface area contributed by atoms with E-state index in [1.807, 2.05) is 6.07 Å². The van der Waals surface area contributed by atoms with Crippen LogP contribution in [0, 0.1) is 12.8 Å². The van der Waals surface area contributed by atoms with E-state index in [4.69, 9.17) is 0 Å². The average Bonchev–Trinajstić information content (AvgIpc) is 2.57. The van der Waals surface area contributed by atoms with E-state index in [1.54, 1.807) is 11.3 Å². The number of thiophene rings is 1. The largest absolute Gasteiger partial charge is 0.351 e. The summed E-state index contributed by atoms with van der Waals surface area (Å²) in [6.07, 6.45) is 1.00. The molecule has 2 heterocycles. The quantitative estimate of drug-likeness (QED) is 0.836. The summed E-state index contributed by atoms with van der Waals surface area (Å²) in [7, 11) is 0. The molecule has 0 aliphatic carbocycles. The van der Waals surface area contributed by atoms with Gasteiger partial charge in [0.25, 0.3) is 5.91 Å². The first-order valence-corrected chi connectivity index (χ1v) is 6.60. The summed E-state index contributed by atoms with van der Waals surface area (Å²) < 4.78 is 0. The number of amides is 1. The number of hydrogen-bond donors (Lipinski definition) is 2. The zero-order valence-electron chi connectivity index (χ0n) is 9.80. The van der Waals surface area contributed by atoms with Crippen LogP contribution >= 0.6 is 11.3 Å². The van der Waals surface area contributed by atoms with E-state index >= 15 is 0 Å². The maximum atomic E-state index is 11.8. The highest BCUT2D eigenvalue weighted by Gasteiger charge is 2.18.